The first kappa shape index (κ1) is 14.5. The average Bonchev–Trinajstić information content (AvgIpc) is 3.33. The molecule has 0 fully saturated rings. The molecule has 0 bridgehead atoms. The number of rotatable bonds is 5. The van der Waals surface area contributed by atoms with Crippen LogP contribution in [-0.2, 0) is 0 Å². The molecule has 5 atom stereocenters. The van der Waals surface area contributed by atoms with Crippen molar-refractivity contribution in [3.63, 3.8) is 0 Å². The molecule has 0 spiro atoms. The second-order valence-electron chi connectivity index (χ2n) is 5.86. The Morgan fingerprint density at radius 2 is 2.14 bits per heavy atom. The third kappa shape index (κ3) is 2.95. The van der Waals surface area contributed by atoms with E-state index < -0.39 is 12.2 Å². The van der Waals surface area contributed by atoms with E-state index >= 15 is 0 Å². The van der Waals surface area contributed by atoms with Crippen molar-refractivity contribution in [3.05, 3.63) is 29.3 Å². The lowest BCUT2D eigenvalue weighted by molar-refractivity contribution is 0.0396. The third-order valence-electron chi connectivity index (χ3n) is 4.34. The normalized spacial score (nSPS) is 31.6. The molecule has 3 rings (SSSR count). The second kappa shape index (κ2) is 5.75. The van der Waals surface area contributed by atoms with Crippen LogP contribution in [0.15, 0.2) is 23.2 Å². The van der Waals surface area contributed by atoms with Gasteiger partial charge in [0.1, 0.15) is 5.75 Å². The zero-order valence-corrected chi connectivity index (χ0v) is 12.1. The Labute approximate surface area is 123 Å². The van der Waals surface area contributed by atoms with E-state index in [1.807, 2.05) is 19.2 Å². The van der Waals surface area contributed by atoms with Crippen LogP contribution < -0.4 is 4.74 Å². The number of nitrogens with zero attached hydrogens (tertiary/aromatic N) is 1. The second-order valence-corrected chi connectivity index (χ2v) is 5.86. The first-order valence-electron chi connectivity index (χ1n) is 7.47. The minimum absolute atomic E-state index is 0.0306. The molecule has 4 N–H and O–H groups in total. The molecule has 0 saturated carbocycles. The van der Waals surface area contributed by atoms with Crippen molar-refractivity contribution in [2.45, 2.75) is 44.1 Å². The van der Waals surface area contributed by atoms with Crippen LogP contribution in [-0.4, -0.2) is 40.3 Å². The largest absolute Gasteiger partial charge is 0.485 e. The van der Waals surface area contributed by atoms with Crippen molar-refractivity contribution in [2.75, 3.05) is 6.61 Å². The number of ether oxygens (including phenoxy) is 1. The van der Waals surface area contributed by atoms with E-state index in [0.29, 0.717) is 18.8 Å². The predicted molar refractivity (Wildman–Crippen MR) is 79.9 cm³/mol. The Morgan fingerprint density at radius 3 is 2.81 bits per heavy atom. The lowest BCUT2D eigenvalue weighted by Crippen LogP contribution is -2.28. The maximum atomic E-state index is 10.4. The van der Waals surface area contributed by atoms with Gasteiger partial charge in [-0.25, -0.2) is 0 Å². The molecule has 1 aromatic rings. The Balaban J connectivity index is 1.77. The maximum absolute atomic E-state index is 10.4. The molecule has 1 aliphatic carbocycles. The van der Waals surface area contributed by atoms with E-state index in [0.717, 1.165) is 17.5 Å². The fourth-order valence-electron chi connectivity index (χ4n) is 2.86. The van der Waals surface area contributed by atoms with E-state index in [1.54, 1.807) is 12.1 Å². The Bertz CT molecular complexity index is 539. The fraction of sp³-hybridized carbons (Fsp3) is 0.562. The summed E-state index contributed by atoms with van der Waals surface area (Å²) in [4.78, 5) is 4.12. The van der Waals surface area contributed by atoms with Crippen LogP contribution in [0.5, 0.6) is 5.75 Å². The molecule has 1 aliphatic heterocycles. The van der Waals surface area contributed by atoms with Crippen LogP contribution in [0.2, 0.25) is 0 Å². The number of aliphatic hydroxyl groups is 2. The Kier molecular flexibility index (Phi) is 3.97. The van der Waals surface area contributed by atoms with Gasteiger partial charge < -0.3 is 20.1 Å². The molecule has 0 radical (unpaired) electrons. The SMILES string of the molecule is CCC([OH2+])COc1ccc2c(c1)C(O)CC(C1C=N1)C2O. The van der Waals surface area contributed by atoms with Gasteiger partial charge in [-0.3, -0.25) is 4.99 Å². The molecule has 0 aromatic heterocycles. The van der Waals surface area contributed by atoms with Gasteiger partial charge in [0.05, 0.1) is 18.2 Å². The maximum Gasteiger partial charge on any atom is 0.188 e. The van der Waals surface area contributed by atoms with Gasteiger partial charge in [-0.15, -0.1) is 0 Å². The molecule has 0 amide bonds. The highest BCUT2D eigenvalue weighted by Gasteiger charge is 2.40. The van der Waals surface area contributed by atoms with Gasteiger partial charge in [0, 0.05) is 18.6 Å². The number of fused-ring (bicyclic) bond motifs is 1. The Morgan fingerprint density at radius 1 is 1.38 bits per heavy atom. The summed E-state index contributed by atoms with van der Waals surface area (Å²) in [5.41, 5.74) is 1.49. The molecular formula is C16H22NO4+. The van der Waals surface area contributed by atoms with Crippen molar-refractivity contribution in [3.8, 4) is 5.75 Å². The van der Waals surface area contributed by atoms with Gasteiger partial charge in [0.2, 0.25) is 0 Å². The molecule has 5 nitrogen and oxygen atoms in total. The smallest absolute Gasteiger partial charge is 0.188 e. The highest BCUT2D eigenvalue weighted by molar-refractivity contribution is 5.78. The van der Waals surface area contributed by atoms with Crippen LogP contribution >= 0.6 is 0 Å². The lowest BCUT2D eigenvalue weighted by Gasteiger charge is -2.33. The summed E-state index contributed by atoms with van der Waals surface area (Å²) < 4.78 is 5.59. The zero-order chi connectivity index (χ0) is 15.0. The molecule has 5 heteroatoms. The zero-order valence-electron chi connectivity index (χ0n) is 12.1. The fourth-order valence-corrected chi connectivity index (χ4v) is 2.86. The van der Waals surface area contributed by atoms with E-state index in [2.05, 4.69) is 4.99 Å². The van der Waals surface area contributed by atoms with Gasteiger partial charge in [-0.1, -0.05) is 13.0 Å². The van der Waals surface area contributed by atoms with Gasteiger partial charge in [-0.2, -0.15) is 0 Å². The lowest BCUT2D eigenvalue weighted by atomic mass is 9.78. The summed E-state index contributed by atoms with van der Waals surface area (Å²) in [5.74, 6) is 0.615. The van der Waals surface area contributed by atoms with Crippen molar-refractivity contribution in [1.82, 2.24) is 0 Å². The summed E-state index contributed by atoms with van der Waals surface area (Å²) >= 11 is 0. The highest BCUT2D eigenvalue weighted by atomic mass is 16.5. The molecule has 21 heavy (non-hydrogen) atoms. The number of aliphatic hydroxyl groups excluding tert-OH is 2. The van der Waals surface area contributed by atoms with E-state index in [9.17, 15) is 10.2 Å². The molecule has 0 saturated heterocycles. The molecule has 5 unspecified atom stereocenters. The minimum atomic E-state index is -0.598. The standard InChI is InChI=1S/C16H21NO4/c1-2-9(18)8-21-10-3-4-11-12(5-10)15(19)6-13(16(11)20)14-7-17-14/h3-5,7,9,13-16,18-20H,2,6,8H2,1H3/p+1. The molecule has 1 aromatic carbocycles. The van der Waals surface area contributed by atoms with Crippen LogP contribution in [0.25, 0.3) is 0 Å². The third-order valence-corrected chi connectivity index (χ3v) is 4.34. The van der Waals surface area contributed by atoms with Crippen molar-refractivity contribution >= 4 is 6.21 Å². The number of hydrogen-bond donors (Lipinski definition) is 2. The van der Waals surface area contributed by atoms with Crippen molar-refractivity contribution in [1.29, 1.82) is 0 Å². The summed E-state index contributed by atoms with van der Waals surface area (Å²) in [6, 6.07) is 5.48. The van der Waals surface area contributed by atoms with Gasteiger partial charge in [0.25, 0.3) is 0 Å². The van der Waals surface area contributed by atoms with Gasteiger partial charge in [-0.05, 0) is 29.7 Å². The molecular weight excluding hydrogens is 270 g/mol. The average molecular weight is 292 g/mol. The van der Waals surface area contributed by atoms with Crippen molar-refractivity contribution < 1.29 is 20.1 Å². The number of benzene rings is 1. The van der Waals surface area contributed by atoms with E-state index in [1.165, 1.54) is 0 Å². The molecule has 2 aliphatic rings. The summed E-state index contributed by atoms with van der Waals surface area (Å²) in [7, 11) is 0. The first-order chi connectivity index (χ1) is 10.1. The number of hydrogen-bond acceptors (Lipinski definition) is 4. The number of aliphatic imine (C=N–C) groups is 1. The predicted octanol–water partition coefficient (Wildman–Crippen LogP) is 1.11. The topological polar surface area (TPSA) is 85.0 Å². The first-order valence-corrected chi connectivity index (χ1v) is 7.47. The summed E-state index contributed by atoms with van der Waals surface area (Å²) in [6.45, 7) is 2.29. The van der Waals surface area contributed by atoms with Gasteiger partial charge >= 0.3 is 0 Å². The van der Waals surface area contributed by atoms with E-state index in [-0.39, 0.29) is 18.1 Å². The molecule has 1 heterocycles. The molecule has 114 valence electrons. The van der Waals surface area contributed by atoms with Crippen molar-refractivity contribution in [2.24, 2.45) is 10.9 Å². The monoisotopic (exact) mass is 292 g/mol. The van der Waals surface area contributed by atoms with Crippen LogP contribution in [0.3, 0.4) is 0 Å². The van der Waals surface area contributed by atoms with Crippen LogP contribution in [0, 0.1) is 5.92 Å². The van der Waals surface area contributed by atoms with Crippen LogP contribution in [0.4, 0.5) is 0 Å². The highest BCUT2D eigenvalue weighted by Crippen LogP contribution is 2.44. The minimum Gasteiger partial charge on any atom is -0.485 e. The van der Waals surface area contributed by atoms with Gasteiger partial charge in [0.15, 0.2) is 12.7 Å². The van der Waals surface area contributed by atoms with E-state index in [4.69, 9.17) is 9.84 Å². The quantitative estimate of drug-likeness (QED) is 0.797. The van der Waals surface area contributed by atoms with Crippen LogP contribution in [0.1, 0.15) is 43.1 Å². The summed E-state index contributed by atoms with van der Waals surface area (Å²) in [6.07, 6.45) is 1.65. The Hall–Kier alpha value is -1.43. The summed E-state index contributed by atoms with van der Waals surface area (Å²) in [5, 5.41) is 28.4.